The molecule has 0 unspecified atom stereocenters. The molecule has 0 atom stereocenters. The van der Waals surface area contributed by atoms with Crippen LogP contribution in [0.1, 0.15) is 49.3 Å². The van der Waals surface area contributed by atoms with Gasteiger partial charge in [-0.2, -0.15) is 4.98 Å². The van der Waals surface area contributed by atoms with Gasteiger partial charge in [-0.05, 0) is 69.1 Å². The smallest absolute Gasteiger partial charge is 0.425 e. The minimum absolute atomic E-state index is 0.284. The third-order valence-corrected chi connectivity index (χ3v) is 5.93. The maximum Gasteiger partial charge on any atom is 0.573 e. The summed E-state index contributed by atoms with van der Waals surface area (Å²) in [6, 6.07) is 6.85. The second-order valence-corrected chi connectivity index (χ2v) is 8.82. The molecular formula is C24H29ClF3N3O2. The lowest BCUT2D eigenvalue weighted by Gasteiger charge is -2.19. The van der Waals surface area contributed by atoms with Gasteiger partial charge in [0.25, 0.3) is 0 Å². The van der Waals surface area contributed by atoms with E-state index in [1.54, 1.807) is 6.92 Å². The zero-order valence-corrected chi connectivity index (χ0v) is 20.4. The van der Waals surface area contributed by atoms with Crippen LogP contribution < -0.4 is 9.47 Å². The summed E-state index contributed by atoms with van der Waals surface area (Å²) in [5.41, 5.74) is 3.74. The third kappa shape index (κ3) is 5.55. The fourth-order valence-corrected chi connectivity index (χ4v) is 4.34. The minimum Gasteiger partial charge on any atom is -0.425 e. The first-order valence-corrected chi connectivity index (χ1v) is 11.2. The van der Waals surface area contributed by atoms with Crippen LogP contribution in [0, 0.1) is 6.92 Å². The Bertz CT molecular complexity index is 1140. The van der Waals surface area contributed by atoms with Crippen LogP contribution in [0.2, 0.25) is 5.02 Å². The van der Waals surface area contributed by atoms with Gasteiger partial charge in [-0.25, -0.2) is 0 Å². The first kappa shape index (κ1) is 25.2. The number of rotatable bonds is 8. The van der Waals surface area contributed by atoms with E-state index in [1.165, 1.54) is 12.1 Å². The first-order valence-electron chi connectivity index (χ1n) is 10.8. The fraction of sp³-hybridized carbons (Fsp3) is 0.458. The van der Waals surface area contributed by atoms with Gasteiger partial charge in [0.05, 0.1) is 10.5 Å². The van der Waals surface area contributed by atoms with E-state index in [4.69, 9.17) is 16.3 Å². The van der Waals surface area contributed by atoms with E-state index in [0.29, 0.717) is 45.9 Å². The lowest BCUT2D eigenvalue weighted by molar-refractivity contribution is -0.274. The lowest BCUT2D eigenvalue weighted by Crippen LogP contribution is -2.18. The largest absolute Gasteiger partial charge is 0.573 e. The normalized spacial score (nSPS) is 12.2. The zero-order valence-electron chi connectivity index (χ0n) is 19.7. The Balaban J connectivity index is 2.12. The number of fused-ring (bicyclic) bond motifs is 1. The Morgan fingerprint density at radius 3 is 2.39 bits per heavy atom. The standard InChI is InChI=1S/C24H29ClF3N3O2/c1-7-15(8-2)18-9-10-19(25)20-21(18)31(6)23(29-20)32-22-14(3)11-17(33-24(26,27)28)12-16(22)13-30(4)5/h9-12,15H,7-8,13H2,1-6H3. The van der Waals surface area contributed by atoms with Crippen molar-refractivity contribution in [2.75, 3.05) is 14.1 Å². The Morgan fingerprint density at radius 1 is 1.15 bits per heavy atom. The summed E-state index contributed by atoms with van der Waals surface area (Å²) in [6.45, 7) is 6.32. The molecule has 33 heavy (non-hydrogen) atoms. The lowest BCUT2D eigenvalue weighted by atomic mass is 9.93. The molecule has 0 aliphatic heterocycles. The van der Waals surface area contributed by atoms with Crippen LogP contribution in [-0.2, 0) is 13.6 Å². The monoisotopic (exact) mass is 483 g/mol. The highest BCUT2D eigenvalue weighted by Crippen LogP contribution is 2.39. The number of halogens is 4. The number of hydrogen-bond donors (Lipinski definition) is 0. The van der Waals surface area contributed by atoms with E-state index in [0.717, 1.165) is 23.9 Å². The topological polar surface area (TPSA) is 39.5 Å². The molecular weight excluding hydrogens is 455 g/mol. The highest BCUT2D eigenvalue weighted by Gasteiger charge is 2.32. The molecule has 180 valence electrons. The van der Waals surface area contributed by atoms with Gasteiger partial charge in [-0.15, -0.1) is 13.2 Å². The molecule has 0 bridgehead atoms. The molecule has 0 saturated carbocycles. The van der Waals surface area contributed by atoms with Gasteiger partial charge >= 0.3 is 12.4 Å². The van der Waals surface area contributed by atoms with Gasteiger partial charge in [-0.3, -0.25) is 4.57 Å². The van der Waals surface area contributed by atoms with Crippen LogP contribution in [0.15, 0.2) is 24.3 Å². The number of aryl methyl sites for hydroxylation is 2. The number of benzene rings is 2. The Morgan fingerprint density at radius 2 is 1.82 bits per heavy atom. The van der Waals surface area contributed by atoms with Gasteiger partial charge in [0.15, 0.2) is 0 Å². The predicted molar refractivity (Wildman–Crippen MR) is 124 cm³/mol. The summed E-state index contributed by atoms with van der Waals surface area (Å²) in [5, 5.41) is 0.518. The van der Waals surface area contributed by atoms with E-state index >= 15 is 0 Å². The van der Waals surface area contributed by atoms with Gasteiger partial charge in [-0.1, -0.05) is 31.5 Å². The van der Waals surface area contributed by atoms with Gasteiger partial charge in [0.2, 0.25) is 0 Å². The second kappa shape index (κ2) is 9.81. The molecule has 3 aromatic rings. The number of nitrogens with zero attached hydrogens (tertiary/aromatic N) is 3. The van der Waals surface area contributed by atoms with E-state index in [2.05, 4.69) is 23.6 Å². The van der Waals surface area contributed by atoms with E-state index in [9.17, 15) is 13.2 Å². The van der Waals surface area contributed by atoms with Crippen molar-refractivity contribution in [3.8, 4) is 17.5 Å². The summed E-state index contributed by atoms with van der Waals surface area (Å²) < 4.78 is 50.6. The maximum atomic E-state index is 12.8. The second-order valence-electron chi connectivity index (χ2n) is 8.42. The van der Waals surface area contributed by atoms with E-state index < -0.39 is 6.36 Å². The van der Waals surface area contributed by atoms with Crippen LogP contribution in [-0.4, -0.2) is 34.9 Å². The van der Waals surface area contributed by atoms with Crippen molar-refractivity contribution in [1.82, 2.24) is 14.5 Å². The van der Waals surface area contributed by atoms with Crippen molar-refractivity contribution in [3.63, 3.8) is 0 Å². The number of aromatic nitrogens is 2. The summed E-state index contributed by atoms with van der Waals surface area (Å²) >= 11 is 6.46. The first-order chi connectivity index (χ1) is 15.4. The number of hydrogen-bond acceptors (Lipinski definition) is 4. The predicted octanol–water partition coefficient (Wildman–Crippen LogP) is 7.19. The minimum atomic E-state index is -4.77. The summed E-state index contributed by atoms with van der Waals surface area (Å²) in [5.74, 6) is 0.503. The van der Waals surface area contributed by atoms with Crippen LogP contribution in [0.4, 0.5) is 13.2 Å². The van der Waals surface area contributed by atoms with Crippen LogP contribution in [0.25, 0.3) is 11.0 Å². The Kier molecular flexibility index (Phi) is 7.49. The van der Waals surface area contributed by atoms with E-state index in [-0.39, 0.29) is 5.75 Å². The quantitative estimate of drug-likeness (QED) is 0.340. The van der Waals surface area contributed by atoms with Crippen LogP contribution in [0.5, 0.6) is 17.5 Å². The van der Waals surface area contributed by atoms with Crippen molar-refractivity contribution < 1.29 is 22.6 Å². The molecule has 0 aliphatic carbocycles. The molecule has 0 N–H and O–H groups in total. The number of imidazole rings is 1. The highest BCUT2D eigenvalue weighted by molar-refractivity contribution is 6.35. The highest BCUT2D eigenvalue weighted by atomic mass is 35.5. The molecule has 1 aromatic heterocycles. The maximum absolute atomic E-state index is 12.8. The number of ether oxygens (including phenoxy) is 2. The average molecular weight is 484 g/mol. The fourth-order valence-electron chi connectivity index (χ4n) is 4.14. The molecule has 0 spiro atoms. The van der Waals surface area contributed by atoms with Gasteiger partial charge < -0.3 is 14.4 Å². The van der Waals surface area contributed by atoms with Crippen molar-refractivity contribution in [3.05, 3.63) is 46.0 Å². The molecule has 0 saturated heterocycles. The van der Waals surface area contributed by atoms with Crippen molar-refractivity contribution in [2.24, 2.45) is 7.05 Å². The van der Waals surface area contributed by atoms with Crippen LogP contribution >= 0.6 is 11.6 Å². The van der Waals surface area contributed by atoms with Crippen molar-refractivity contribution >= 4 is 22.6 Å². The molecule has 2 aromatic carbocycles. The number of alkyl halides is 3. The molecule has 0 aliphatic rings. The third-order valence-electron chi connectivity index (χ3n) is 5.63. The van der Waals surface area contributed by atoms with Crippen LogP contribution in [0.3, 0.4) is 0 Å². The molecule has 0 radical (unpaired) electrons. The molecule has 0 amide bonds. The SMILES string of the molecule is CCC(CC)c1ccc(Cl)c2nc(Oc3c(C)cc(OC(F)(F)F)cc3CN(C)C)n(C)c12. The zero-order chi connectivity index (χ0) is 24.5. The summed E-state index contributed by atoms with van der Waals surface area (Å²) in [7, 11) is 5.51. The van der Waals surface area contributed by atoms with Gasteiger partial charge in [0, 0.05) is 19.2 Å². The summed E-state index contributed by atoms with van der Waals surface area (Å²) in [6.07, 6.45) is -2.83. The summed E-state index contributed by atoms with van der Waals surface area (Å²) in [4.78, 5) is 6.49. The Hall–Kier alpha value is -2.45. The molecule has 5 nitrogen and oxygen atoms in total. The molecule has 9 heteroatoms. The molecule has 3 rings (SSSR count). The van der Waals surface area contributed by atoms with Gasteiger partial charge in [0.1, 0.15) is 17.0 Å². The van der Waals surface area contributed by atoms with Crippen molar-refractivity contribution in [2.45, 2.75) is 52.4 Å². The average Bonchev–Trinajstić information content (AvgIpc) is 3.03. The molecule has 1 heterocycles. The van der Waals surface area contributed by atoms with Crippen molar-refractivity contribution in [1.29, 1.82) is 0 Å². The molecule has 0 fully saturated rings. The van der Waals surface area contributed by atoms with E-state index in [1.807, 2.05) is 42.7 Å². The Labute approximate surface area is 197 Å².